The van der Waals surface area contributed by atoms with Crippen LogP contribution in [0.5, 0.6) is 5.75 Å². The number of carbonyl (C=O) groups excluding carboxylic acids is 1. The second-order valence-electron chi connectivity index (χ2n) is 4.16. The van der Waals surface area contributed by atoms with Crippen LogP contribution in [0, 0.1) is 5.92 Å². The largest absolute Gasteiger partial charge is 0.493 e. The first-order valence-corrected chi connectivity index (χ1v) is 6.51. The molecular formula is C14H12O2S. The Bertz CT molecular complexity index is 531. The molecule has 1 unspecified atom stereocenters. The predicted molar refractivity (Wildman–Crippen MR) is 67.8 cm³/mol. The maximum atomic E-state index is 12.2. The molecule has 0 saturated heterocycles. The summed E-state index contributed by atoms with van der Waals surface area (Å²) in [5, 5.41) is 1.94. The minimum absolute atomic E-state index is 0.0384. The molecule has 0 radical (unpaired) electrons. The van der Waals surface area contributed by atoms with Gasteiger partial charge in [-0.3, -0.25) is 4.79 Å². The summed E-state index contributed by atoms with van der Waals surface area (Å²) in [7, 11) is 0. The number of thiophene rings is 1. The van der Waals surface area contributed by atoms with Gasteiger partial charge in [-0.15, -0.1) is 11.3 Å². The monoisotopic (exact) mass is 244 g/mol. The van der Waals surface area contributed by atoms with Crippen LogP contribution in [-0.4, -0.2) is 12.4 Å². The number of ether oxygens (including phenoxy) is 1. The van der Waals surface area contributed by atoms with E-state index in [-0.39, 0.29) is 11.7 Å². The number of rotatable bonds is 2. The first kappa shape index (κ1) is 10.5. The van der Waals surface area contributed by atoms with Crippen LogP contribution in [0.15, 0.2) is 41.8 Å². The van der Waals surface area contributed by atoms with E-state index in [0.717, 1.165) is 22.6 Å². The maximum Gasteiger partial charge on any atom is 0.179 e. The summed E-state index contributed by atoms with van der Waals surface area (Å²) < 4.78 is 5.64. The standard InChI is InChI=1S/C14H12O2S/c15-14(13-6-3-7-17-13)11-8-10-4-1-2-5-12(10)16-9-11/h1-7,11H,8-9H2. The summed E-state index contributed by atoms with van der Waals surface area (Å²) in [6.45, 7) is 0.494. The highest BCUT2D eigenvalue weighted by Gasteiger charge is 2.26. The number of para-hydroxylation sites is 1. The van der Waals surface area contributed by atoms with E-state index in [1.165, 1.54) is 11.3 Å². The maximum absolute atomic E-state index is 12.2. The molecule has 0 aliphatic carbocycles. The van der Waals surface area contributed by atoms with Crippen molar-refractivity contribution in [3.05, 3.63) is 52.2 Å². The third-order valence-electron chi connectivity index (χ3n) is 3.01. The normalized spacial score (nSPS) is 18.2. The van der Waals surface area contributed by atoms with Gasteiger partial charge in [0.25, 0.3) is 0 Å². The quantitative estimate of drug-likeness (QED) is 0.758. The third kappa shape index (κ3) is 1.98. The molecule has 1 aromatic heterocycles. The topological polar surface area (TPSA) is 26.3 Å². The Morgan fingerprint density at radius 2 is 2.12 bits per heavy atom. The van der Waals surface area contributed by atoms with Gasteiger partial charge in [-0.05, 0) is 29.5 Å². The minimum atomic E-state index is -0.0384. The molecule has 0 fully saturated rings. The lowest BCUT2D eigenvalue weighted by Gasteiger charge is -2.23. The molecule has 1 aliphatic rings. The fourth-order valence-electron chi connectivity index (χ4n) is 2.12. The molecule has 0 saturated carbocycles. The summed E-state index contributed by atoms with van der Waals surface area (Å²) in [6, 6.07) is 11.7. The summed E-state index contributed by atoms with van der Waals surface area (Å²) in [4.78, 5) is 13.0. The molecule has 17 heavy (non-hydrogen) atoms. The summed E-state index contributed by atoms with van der Waals surface area (Å²) in [5.41, 5.74) is 1.13. The molecule has 86 valence electrons. The zero-order valence-corrected chi connectivity index (χ0v) is 10.1. The van der Waals surface area contributed by atoms with Crippen molar-refractivity contribution in [1.82, 2.24) is 0 Å². The van der Waals surface area contributed by atoms with E-state index in [4.69, 9.17) is 4.74 Å². The van der Waals surface area contributed by atoms with Gasteiger partial charge in [0.15, 0.2) is 5.78 Å². The van der Waals surface area contributed by atoms with Gasteiger partial charge in [-0.1, -0.05) is 24.3 Å². The number of carbonyl (C=O) groups is 1. The van der Waals surface area contributed by atoms with Crippen LogP contribution in [0.3, 0.4) is 0 Å². The van der Waals surface area contributed by atoms with E-state index in [0.29, 0.717) is 6.61 Å². The molecule has 1 aliphatic heterocycles. The molecule has 3 rings (SSSR count). The number of benzene rings is 1. The van der Waals surface area contributed by atoms with Crippen molar-refractivity contribution in [3.8, 4) is 5.75 Å². The van der Waals surface area contributed by atoms with Crippen LogP contribution in [0.1, 0.15) is 15.2 Å². The SMILES string of the molecule is O=C(c1cccs1)C1COc2ccccc2C1. The van der Waals surface area contributed by atoms with Crippen molar-refractivity contribution in [2.24, 2.45) is 5.92 Å². The molecule has 0 N–H and O–H groups in total. The summed E-state index contributed by atoms with van der Waals surface area (Å²) in [6.07, 6.45) is 0.785. The van der Waals surface area contributed by atoms with Gasteiger partial charge in [0.1, 0.15) is 5.75 Å². The molecule has 0 amide bonds. The van der Waals surface area contributed by atoms with Crippen LogP contribution < -0.4 is 4.74 Å². The van der Waals surface area contributed by atoms with Gasteiger partial charge in [0.2, 0.25) is 0 Å². The van der Waals surface area contributed by atoms with E-state index in [2.05, 4.69) is 0 Å². The van der Waals surface area contributed by atoms with Crippen molar-refractivity contribution in [3.63, 3.8) is 0 Å². The van der Waals surface area contributed by atoms with Gasteiger partial charge in [-0.2, -0.15) is 0 Å². The van der Waals surface area contributed by atoms with Gasteiger partial charge < -0.3 is 4.74 Å². The van der Waals surface area contributed by atoms with Gasteiger partial charge >= 0.3 is 0 Å². The third-order valence-corrected chi connectivity index (χ3v) is 3.90. The first-order valence-electron chi connectivity index (χ1n) is 5.63. The van der Waals surface area contributed by atoms with E-state index in [9.17, 15) is 4.79 Å². The summed E-state index contributed by atoms with van der Waals surface area (Å²) >= 11 is 1.50. The van der Waals surface area contributed by atoms with Crippen LogP contribution in [0.25, 0.3) is 0 Å². The summed E-state index contributed by atoms with van der Waals surface area (Å²) in [5.74, 6) is 1.08. The highest BCUT2D eigenvalue weighted by molar-refractivity contribution is 7.12. The van der Waals surface area contributed by atoms with Crippen molar-refractivity contribution in [2.45, 2.75) is 6.42 Å². The molecule has 2 aromatic rings. The average Bonchev–Trinajstić information content (AvgIpc) is 2.91. The predicted octanol–water partition coefficient (Wildman–Crippen LogP) is 3.18. The lowest BCUT2D eigenvalue weighted by Crippen LogP contribution is -2.27. The number of hydrogen-bond acceptors (Lipinski definition) is 3. The van der Waals surface area contributed by atoms with E-state index >= 15 is 0 Å². The fraction of sp³-hybridized carbons (Fsp3) is 0.214. The molecule has 2 nitrogen and oxygen atoms in total. The fourth-order valence-corrected chi connectivity index (χ4v) is 2.86. The van der Waals surface area contributed by atoms with Crippen LogP contribution in [-0.2, 0) is 6.42 Å². The smallest absolute Gasteiger partial charge is 0.179 e. The average molecular weight is 244 g/mol. The van der Waals surface area contributed by atoms with Crippen LogP contribution in [0.2, 0.25) is 0 Å². The van der Waals surface area contributed by atoms with Crippen molar-refractivity contribution in [1.29, 1.82) is 0 Å². The highest BCUT2D eigenvalue weighted by atomic mass is 32.1. The lowest BCUT2D eigenvalue weighted by molar-refractivity contribution is 0.0859. The minimum Gasteiger partial charge on any atom is -0.493 e. The molecule has 0 spiro atoms. The van der Waals surface area contributed by atoms with E-state index in [1.807, 2.05) is 41.8 Å². The Labute approximate surface area is 104 Å². The number of hydrogen-bond donors (Lipinski definition) is 0. The molecule has 0 bridgehead atoms. The van der Waals surface area contributed by atoms with E-state index < -0.39 is 0 Å². The van der Waals surface area contributed by atoms with E-state index in [1.54, 1.807) is 0 Å². The number of Topliss-reactive ketones (excluding diaryl/α,β-unsaturated/α-hetero) is 1. The molecular weight excluding hydrogens is 232 g/mol. The lowest BCUT2D eigenvalue weighted by atomic mass is 9.92. The Morgan fingerprint density at radius 3 is 2.94 bits per heavy atom. The van der Waals surface area contributed by atoms with Gasteiger partial charge in [-0.25, -0.2) is 0 Å². The first-order chi connectivity index (χ1) is 8.34. The van der Waals surface area contributed by atoms with Crippen molar-refractivity contribution in [2.75, 3.05) is 6.61 Å². The van der Waals surface area contributed by atoms with Crippen LogP contribution in [0.4, 0.5) is 0 Å². The zero-order valence-electron chi connectivity index (χ0n) is 9.26. The molecule has 1 aromatic carbocycles. The number of ketones is 1. The molecule has 1 atom stereocenters. The number of fused-ring (bicyclic) bond motifs is 1. The Hall–Kier alpha value is -1.61. The van der Waals surface area contributed by atoms with Gasteiger partial charge in [0, 0.05) is 0 Å². The second-order valence-corrected chi connectivity index (χ2v) is 5.11. The Morgan fingerprint density at radius 1 is 1.24 bits per heavy atom. The second kappa shape index (κ2) is 4.34. The highest BCUT2D eigenvalue weighted by Crippen LogP contribution is 2.29. The zero-order chi connectivity index (χ0) is 11.7. The van der Waals surface area contributed by atoms with Gasteiger partial charge in [0.05, 0.1) is 17.4 Å². The van der Waals surface area contributed by atoms with Crippen molar-refractivity contribution < 1.29 is 9.53 Å². The Balaban J connectivity index is 1.83. The van der Waals surface area contributed by atoms with Crippen LogP contribution >= 0.6 is 11.3 Å². The molecule has 2 heterocycles. The molecule has 3 heteroatoms. The Kier molecular flexibility index (Phi) is 2.69. The van der Waals surface area contributed by atoms with Crippen molar-refractivity contribution >= 4 is 17.1 Å².